The van der Waals surface area contributed by atoms with E-state index in [-0.39, 0.29) is 17.5 Å². The summed E-state index contributed by atoms with van der Waals surface area (Å²) in [6.07, 6.45) is 2.60. The van der Waals surface area contributed by atoms with Crippen molar-refractivity contribution in [3.05, 3.63) is 111 Å². The maximum atomic E-state index is 13.4. The third kappa shape index (κ3) is 5.64. The minimum atomic E-state index is -0.131. The second kappa shape index (κ2) is 11.6. The molecule has 1 saturated heterocycles. The molecule has 3 heterocycles. The fraction of sp³-hybridized carbons (Fsp3) is 0.290. The Hall–Kier alpha value is -4.01. The molecule has 1 aliphatic rings. The van der Waals surface area contributed by atoms with Gasteiger partial charge in [-0.3, -0.25) is 23.5 Å². The highest BCUT2D eigenvalue weighted by Gasteiger charge is 2.22. The Morgan fingerprint density at radius 2 is 1.57 bits per heavy atom. The molecule has 0 unspecified atom stereocenters. The van der Waals surface area contributed by atoms with Crippen molar-refractivity contribution in [1.29, 1.82) is 0 Å². The van der Waals surface area contributed by atoms with Crippen molar-refractivity contribution in [2.45, 2.75) is 44.8 Å². The zero-order valence-electron chi connectivity index (χ0n) is 22.2. The first-order valence-electron chi connectivity index (χ1n) is 13.7. The Balaban J connectivity index is 1.15. The monoisotopic (exact) mass is 554 g/mol. The summed E-state index contributed by atoms with van der Waals surface area (Å²) < 4.78 is 3.54. The van der Waals surface area contributed by atoms with E-state index in [1.807, 2.05) is 46.9 Å². The quantitative estimate of drug-likeness (QED) is 0.306. The van der Waals surface area contributed by atoms with Crippen molar-refractivity contribution in [3.8, 4) is 0 Å². The van der Waals surface area contributed by atoms with Gasteiger partial charge in [-0.15, -0.1) is 10.2 Å². The van der Waals surface area contributed by atoms with Gasteiger partial charge in [0, 0.05) is 43.5 Å². The summed E-state index contributed by atoms with van der Waals surface area (Å²) in [4.78, 5) is 28.8. The average Bonchev–Trinajstić information content (AvgIpc) is 3.41. The van der Waals surface area contributed by atoms with Gasteiger partial charge in [0.05, 0.1) is 17.4 Å². The number of hydrogen-bond acceptors (Lipinski definition) is 5. The first-order valence-corrected chi connectivity index (χ1v) is 14.1. The van der Waals surface area contributed by atoms with Gasteiger partial charge in [0.25, 0.3) is 5.56 Å². The molecule has 0 radical (unpaired) electrons. The summed E-state index contributed by atoms with van der Waals surface area (Å²) in [6, 6.07) is 25.5. The van der Waals surface area contributed by atoms with E-state index in [0.717, 1.165) is 43.6 Å². The second-order valence-corrected chi connectivity index (χ2v) is 10.8. The third-order valence-electron chi connectivity index (χ3n) is 7.61. The molecule has 0 saturated carbocycles. The smallest absolute Gasteiger partial charge is 0.263 e. The number of benzene rings is 3. The van der Waals surface area contributed by atoms with Crippen LogP contribution < -0.4 is 10.9 Å². The van der Waals surface area contributed by atoms with Crippen molar-refractivity contribution < 1.29 is 4.79 Å². The van der Waals surface area contributed by atoms with E-state index < -0.39 is 0 Å². The Labute approximate surface area is 237 Å². The summed E-state index contributed by atoms with van der Waals surface area (Å²) >= 11 is 6.05. The molecule has 9 heteroatoms. The zero-order chi connectivity index (χ0) is 27.5. The maximum absolute atomic E-state index is 13.4. The van der Waals surface area contributed by atoms with Gasteiger partial charge in [0.15, 0.2) is 0 Å². The number of carbonyl (C=O) groups is 1. The SMILES string of the molecule is O=C(CCc1nnc2n(Cc3ccc(Cl)cc3)c(=O)c3ccccc3n12)NC1CCN(Cc2ccccc2)CC1. The van der Waals surface area contributed by atoms with Gasteiger partial charge in [-0.1, -0.05) is 66.2 Å². The molecule has 1 fully saturated rings. The van der Waals surface area contributed by atoms with Crippen LogP contribution in [0.3, 0.4) is 0 Å². The van der Waals surface area contributed by atoms with Crippen LogP contribution in [0.5, 0.6) is 0 Å². The van der Waals surface area contributed by atoms with E-state index in [1.54, 1.807) is 16.7 Å². The minimum Gasteiger partial charge on any atom is -0.353 e. The highest BCUT2D eigenvalue weighted by Crippen LogP contribution is 2.18. The number of piperidine rings is 1. The average molecular weight is 555 g/mol. The number of halogens is 1. The first kappa shape index (κ1) is 26.2. The van der Waals surface area contributed by atoms with Crippen LogP contribution in [0.4, 0.5) is 0 Å². The molecule has 204 valence electrons. The molecule has 8 nitrogen and oxygen atoms in total. The van der Waals surface area contributed by atoms with Crippen LogP contribution in [0.25, 0.3) is 16.7 Å². The van der Waals surface area contributed by atoms with Crippen LogP contribution >= 0.6 is 11.6 Å². The molecule has 5 aromatic rings. The van der Waals surface area contributed by atoms with E-state index >= 15 is 0 Å². The predicted octanol–water partition coefficient (Wildman–Crippen LogP) is 4.46. The zero-order valence-corrected chi connectivity index (χ0v) is 22.9. The topological polar surface area (TPSA) is 84.5 Å². The lowest BCUT2D eigenvalue weighted by Gasteiger charge is -2.32. The first-order chi connectivity index (χ1) is 19.5. The highest BCUT2D eigenvalue weighted by molar-refractivity contribution is 6.30. The highest BCUT2D eigenvalue weighted by atomic mass is 35.5. The van der Waals surface area contributed by atoms with E-state index in [4.69, 9.17) is 11.6 Å². The lowest BCUT2D eigenvalue weighted by atomic mass is 10.0. The Bertz CT molecular complexity index is 1690. The van der Waals surface area contributed by atoms with Gasteiger partial charge in [0.1, 0.15) is 5.82 Å². The molecule has 3 aromatic carbocycles. The lowest BCUT2D eigenvalue weighted by Crippen LogP contribution is -2.44. The van der Waals surface area contributed by atoms with Crippen molar-refractivity contribution in [2.75, 3.05) is 13.1 Å². The molecule has 2 aromatic heterocycles. The molecule has 1 aliphatic heterocycles. The minimum absolute atomic E-state index is 0.0112. The summed E-state index contributed by atoms with van der Waals surface area (Å²) in [7, 11) is 0. The lowest BCUT2D eigenvalue weighted by molar-refractivity contribution is -0.122. The number of nitrogens with one attached hydrogen (secondary N) is 1. The number of amides is 1. The molecule has 0 spiro atoms. The normalized spacial score (nSPS) is 14.6. The Morgan fingerprint density at radius 1 is 0.875 bits per heavy atom. The summed E-state index contributed by atoms with van der Waals surface area (Å²) in [5, 5.41) is 13.2. The summed E-state index contributed by atoms with van der Waals surface area (Å²) in [6.45, 7) is 3.21. The molecule has 0 bridgehead atoms. The number of para-hydroxylation sites is 1. The largest absolute Gasteiger partial charge is 0.353 e. The fourth-order valence-electron chi connectivity index (χ4n) is 5.49. The van der Waals surface area contributed by atoms with Gasteiger partial charge in [-0.05, 0) is 48.2 Å². The van der Waals surface area contributed by atoms with Gasteiger partial charge < -0.3 is 5.32 Å². The van der Waals surface area contributed by atoms with Crippen LogP contribution in [0, 0.1) is 0 Å². The molecule has 0 aliphatic carbocycles. The number of hydrogen-bond donors (Lipinski definition) is 1. The van der Waals surface area contributed by atoms with Gasteiger partial charge in [-0.2, -0.15) is 0 Å². The van der Waals surface area contributed by atoms with Gasteiger partial charge in [0.2, 0.25) is 11.7 Å². The van der Waals surface area contributed by atoms with Crippen molar-refractivity contribution in [1.82, 2.24) is 29.4 Å². The van der Waals surface area contributed by atoms with Crippen molar-refractivity contribution in [3.63, 3.8) is 0 Å². The van der Waals surface area contributed by atoms with E-state index in [2.05, 4.69) is 44.7 Å². The predicted molar refractivity (Wildman–Crippen MR) is 157 cm³/mol. The van der Waals surface area contributed by atoms with Crippen molar-refractivity contribution >= 4 is 34.2 Å². The molecule has 0 atom stereocenters. The number of rotatable bonds is 8. The molecule has 40 heavy (non-hydrogen) atoms. The maximum Gasteiger partial charge on any atom is 0.263 e. The van der Waals surface area contributed by atoms with Crippen LogP contribution in [0.2, 0.25) is 5.02 Å². The molecule has 1 amide bonds. The number of aromatic nitrogens is 4. The summed E-state index contributed by atoms with van der Waals surface area (Å²) in [5.41, 5.74) is 2.86. The molecular formula is C31H31ClN6O2. The molecular weight excluding hydrogens is 524 g/mol. The van der Waals surface area contributed by atoms with Crippen LogP contribution in [-0.2, 0) is 24.3 Å². The van der Waals surface area contributed by atoms with Gasteiger partial charge in [-0.25, -0.2) is 0 Å². The fourth-order valence-corrected chi connectivity index (χ4v) is 5.62. The van der Waals surface area contributed by atoms with Crippen LogP contribution in [0.15, 0.2) is 83.7 Å². The molecule has 1 N–H and O–H groups in total. The van der Waals surface area contributed by atoms with Gasteiger partial charge >= 0.3 is 0 Å². The standard InChI is InChI=1S/C31H31ClN6O2/c32-24-12-10-23(11-13-24)21-37-30(40)26-8-4-5-9-27(26)38-28(34-35-31(37)38)14-15-29(39)33-25-16-18-36(19-17-25)20-22-6-2-1-3-7-22/h1-13,25H,14-21H2,(H,33,39). The van der Waals surface area contributed by atoms with E-state index in [9.17, 15) is 9.59 Å². The molecule has 6 rings (SSSR count). The van der Waals surface area contributed by atoms with Crippen LogP contribution in [-0.4, -0.2) is 49.1 Å². The number of likely N-dealkylation sites (tertiary alicyclic amines) is 1. The van der Waals surface area contributed by atoms with Crippen LogP contribution in [0.1, 0.15) is 36.2 Å². The number of aryl methyl sites for hydroxylation is 1. The third-order valence-corrected chi connectivity index (χ3v) is 7.86. The van der Waals surface area contributed by atoms with Crippen molar-refractivity contribution in [2.24, 2.45) is 0 Å². The number of carbonyl (C=O) groups excluding carboxylic acids is 1. The Morgan fingerprint density at radius 3 is 2.35 bits per heavy atom. The number of fused-ring (bicyclic) bond motifs is 3. The second-order valence-electron chi connectivity index (χ2n) is 10.4. The Kier molecular flexibility index (Phi) is 7.62. The summed E-state index contributed by atoms with van der Waals surface area (Å²) in [5.74, 6) is 1.13. The van der Waals surface area contributed by atoms with E-state index in [0.29, 0.717) is 41.4 Å². The number of nitrogens with zero attached hydrogens (tertiary/aromatic N) is 5. The van der Waals surface area contributed by atoms with E-state index in [1.165, 1.54) is 5.56 Å².